The summed E-state index contributed by atoms with van der Waals surface area (Å²) in [7, 11) is 1.39. The van der Waals surface area contributed by atoms with E-state index in [0.29, 0.717) is 23.2 Å². The lowest BCUT2D eigenvalue weighted by Crippen LogP contribution is -2.32. The number of fused-ring (bicyclic) bond motifs is 1. The highest BCUT2D eigenvalue weighted by Gasteiger charge is 2.35. The molecule has 0 unspecified atom stereocenters. The predicted molar refractivity (Wildman–Crippen MR) is 122 cm³/mol. The Hall–Kier alpha value is -4.45. The second-order valence-electron chi connectivity index (χ2n) is 7.37. The molecule has 9 nitrogen and oxygen atoms in total. The van der Waals surface area contributed by atoms with Gasteiger partial charge in [-0.25, -0.2) is 0 Å². The Balaban J connectivity index is 1.65. The molecule has 1 N–H and O–H groups in total. The van der Waals surface area contributed by atoms with Crippen LogP contribution in [-0.2, 0) is 9.59 Å². The average Bonchev–Trinajstić information content (AvgIpc) is 3.09. The van der Waals surface area contributed by atoms with E-state index in [1.807, 2.05) is 13.0 Å². The van der Waals surface area contributed by atoms with E-state index >= 15 is 0 Å². The Bertz CT molecular complexity index is 1180. The predicted octanol–water partition coefficient (Wildman–Crippen LogP) is 2.72. The number of methoxy groups -OCH3 is 1. The number of benzene rings is 2. The molecule has 0 fully saturated rings. The molecule has 9 heteroatoms. The minimum absolute atomic E-state index is 0.0683. The molecule has 0 bridgehead atoms. The van der Waals surface area contributed by atoms with Crippen LogP contribution in [0.25, 0.3) is 6.08 Å². The minimum Gasteiger partial charge on any atom is -0.493 e. The summed E-state index contributed by atoms with van der Waals surface area (Å²) in [5, 5.41) is 11.9. The van der Waals surface area contributed by atoms with E-state index in [0.717, 1.165) is 11.3 Å². The first-order valence-corrected chi connectivity index (χ1v) is 10.6. The highest BCUT2D eigenvalue weighted by atomic mass is 16.6. The zero-order chi connectivity index (χ0) is 24.7. The van der Waals surface area contributed by atoms with Crippen LogP contribution in [0.1, 0.15) is 46.0 Å². The van der Waals surface area contributed by atoms with Crippen molar-refractivity contribution in [3.8, 4) is 17.6 Å². The molecule has 1 aliphatic heterocycles. The maximum Gasteiger partial charge on any atom is 0.313 e. The van der Waals surface area contributed by atoms with Crippen LogP contribution in [0.5, 0.6) is 11.5 Å². The number of ether oxygens (including phenoxy) is 2. The van der Waals surface area contributed by atoms with Gasteiger partial charge in [-0.2, -0.15) is 5.26 Å². The molecule has 34 heavy (non-hydrogen) atoms. The van der Waals surface area contributed by atoms with Gasteiger partial charge in [-0.3, -0.25) is 24.1 Å². The van der Waals surface area contributed by atoms with Gasteiger partial charge >= 0.3 is 5.97 Å². The van der Waals surface area contributed by atoms with Crippen LogP contribution in [0.4, 0.5) is 0 Å². The lowest BCUT2D eigenvalue weighted by Gasteiger charge is -2.14. The van der Waals surface area contributed by atoms with E-state index in [-0.39, 0.29) is 30.0 Å². The SMILES string of the molecule is CCCNC(=O)/C(C#N)=C/c1ccc(OC(=O)CCN2C(=O)c3ccccc3C2=O)c(OC)c1. The molecule has 3 amide bonds. The highest BCUT2D eigenvalue weighted by Crippen LogP contribution is 2.29. The van der Waals surface area contributed by atoms with Crippen LogP contribution in [0, 0.1) is 11.3 Å². The molecular weight excluding hydrogens is 438 g/mol. The van der Waals surface area contributed by atoms with Gasteiger partial charge < -0.3 is 14.8 Å². The van der Waals surface area contributed by atoms with Crippen LogP contribution in [0.2, 0.25) is 0 Å². The van der Waals surface area contributed by atoms with Gasteiger partial charge in [-0.15, -0.1) is 0 Å². The molecule has 0 saturated heterocycles. The van der Waals surface area contributed by atoms with Crippen LogP contribution >= 0.6 is 0 Å². The molecule has 2 aromatic carbocycles. The first kappa shape index (κ1) is 24.2. The molecular formula is C25H23N3O6. The summed E-state index contributed by atoms with van der Waals surface area (Å²) < 4.78 is 10.6. The van der Waals surface area contributed by atoms with Gasteiger partial charge in [0.15, 0.2) is 11.5 Å². The summed E-state index contributed by atoms with van der Waals surface area (Å²) >= 11 is 0. The van der Waals surface area contributed by atoms with Gasteiger partial charge in [0.2, 0.25) is 0 Å². The van der Waals surface area contributed by atoms with Gasteiger partial charge in [-0.05, 0) is 42.3 Å². The van der Waals surface area contributed by atoms with Gasteiger partial charge in [0.05, 0.1) is 24.7 Å². The number of nitriles is 1. The highest BCUT2D eigenvalue weighted by molar-refractivity contribution is 6.21. The van der Waals surface area contributed by atoms with E-state index in [1.165, 1.54) is 25.3 Å². The summed E-state index contributed by atoms with van der Waals surface area (Å²) in [5.74, 6) is -1.69. The summed E-state index contributed by atoms with van der Waals surface area (Å²) in [4.78, 5) is 50.3. The van der Waals surface area contributed by atoms with Gasteiger partial charge in [0.1, 0.15) is 11.6 Å². The Kier molecular flexibility index (Phi) is 7.77. The number of carbonyl (C=O) groups excluding carboxylic acids is 4. The maximum absolute atomic E-state index is 12.4. The number of nitrogens with zero attached hydrogens (tertiary/aromatic N) is 2. The number of imide groups is 1. The van der Waals surface area contributed by atoms with Gasteiger partial charge in [0.25, 0.3) is 17.7 Å². The molecule has 3 rings (SSSR count). The van der Waals surface area contributed by atoms with Crippen LogP contribution in [-0.4, -0.2) is 48.8 Å². The number of esters is 1. The molecule has 0 spiro atoms. The fraction of sp³-hybridized carbons (Fsp3) is 0.240. The van der Waals surface area contributed by atoms with E-state index in [2.05, 4.69) is 5.32 Å². The molecule has 0 aromatic heterocycles. The van der Waals surface area contributed by atoms with Gasteiger partial charge in [-0.1, -0.05) is 25.1 Å². The number of amides is 3. The van der Waals surface area contributed by atoms with E-state index < -0.39 is 23.7 Å². The minimum atomic E-state index is -0.658. The standard InChI is InChI=1S/C25H23N3O6/c1-3-11-27-23(30)17(15-26)13-16-8-9-20(21(14-16)33-2)34-22(29)10-12-28-24(31)18-6-4-5-7-19(18)25(28)32/h4-9,13-14H,3,10-12H2,1-2H3,(H,27,30)/b17-13+. The second-order valence-corrected chi connectivity index (χ2v) is 7.37. The fourth-order valence-electron chi connectivity index (χ4n) is 3.33. The Morgan fingerprint density at radius 2 is 1.76 bits per heavy atom. The van der Waals surface area contributed by atoms with Gasteiger partial charge in [0, 0.05) is 13.1 Å². The lowest BCUT2D eigenvalue weighted by atomic mass is 10.1. The molecule has 174 valence electrons. The third-order valence-corrected chi connectivity index (χ3v) is 5.04. The van der Waals surface area contributed by atoms with E-state index in [4.69, 9.17) is 9.47 Å². The van der Waals surface area contributed by atoms with Crippen molar-refractivity contribution >= 4 is 29.8 Å². The van der Waals surface area contributed by atoms with Crippen molar-refractivity contribution in [2.24, 2.45) is 0 Å². The maximum atomic E-state index is 12.4. The first-order valence-electron chi connectivity index (χ1n) is 10.6. The summed E-state index contributed by atoms with van der Waals surface area (Å²) in [6.45, 7) is 2.24. The zero-order valence-corrected chi connectivity index (χ0v) is 18.8. The molecule has 0 aliphatic carbocycles. The van der Waals surface area contributed by atoms with Crippen molar-refractivity contribution in [2.75, 3.05) is 20.2 Å². The van der Waals surface area contributed by atoms with Crippen molar-refractivity contribution in [2.45, 2.75) is 19.8 Å². The second kappa shape index (κ2) is 10.9. The van der Waals surface area contributed by atoms with Crippen molar-refractivity contribution in [3.05, 3.63) is 64.7 Å². The summed E-state index contributed by atoms with van der Waals surface area (Å²) in [6.07, 6.45) is 1.94. The number of rotatable bonds is 9. The fourth-order valence-corrected chi connectivity index (χ4v) is 3.33. The van der Waals surface area contributed by atoms with Crippen molar-refractivity contribution in [1.29, 1.82) is 5.26 Å². The smallest absolute Gasteiger partial charge is 0.313 e. The number of hydrogen-bond acceptors (Lipinski definition) is 7. The Morgan fingerprint density at radius 3 is 2.35 bits per heavy atom. The lowest BCUT2D eigenvalue weighted by molar-refractivity contribution is -0.134. The third kappa shape index (κ3) is 5.30. The summed E-state index contributed by atoms with van der Waals surface area (Å²) in [5.41, 5.74) is 1.06. The molecule has 1 aliphatic rings. The Morgan fingerprint density at radius 1 is 1.09 bits per heavy atom. The normalized spacial score (nSPS) is 12.7. The number of carbonyl (C=O) groups is 4. The molecule has 1 heterocycles. The summed E-state index contributed by atoms with van der Waals surface area (Å²) in [6, 6.07) is 12.9. The van der Waals surface area contributed by atoms with E-state index in [9.17, 15) is 24.4 Å². The topological polar surface area (TPSA) is 126 Å². The monoisotopic (exact) mass is 461 g/mol. The third-order valence-electron chi connectivity index (χ3n) is 5.04. The van der Waals surface area contributed by atoms with Crippen molar-refractivity contribution < 1.29 is 28.7 Å². The quantitative estimate of drug-likeness (QED) is 0.200. The average molecular weight is 461 g/mol. The molecule has 0 radical (unpaired) electrons. The van der Waals surface area contributed by atoms with Crippen molar-refractivity contribution in [1.82, 2.24) is 10.2 Å². The number of nitrogens with one attached hydrogen (secondary N) is 1. The van der Waals surface area contributed by atoms with Crippen LogP contribution in [0.15, 0.2) is 48.0 Å². The molecule has 2 aromatic rings. The van der Waals surface area contributed by atoms with Crippen LogP contribution < -0.4 is 14.8 Å². The first-order chi connectivity index (χ1) is 16.4. The Labute approximate surface area is 196 Å². The number of hydrogen-bond donors (Lipinski definition) is 1. The molecule has 0 atom stereocenters. The molecule has 0 saturated carbocycles. The zero-order valence-electron chi connectivity index (χ0n) is 18.8. The van der Waals surface area contributed by atoms with E-state index in [1.54, 1.807) is 30.3 Å². The largest absolute Gasteiger partial charge is 0.493 e. The van der Waals surface area contributed by atoms with Crippen LogP contribution in [0.3, 0.4) is 0 Å². The van der Waals surface area contributed by atoms with Crippen molar-refractivity contribution in [3.63, 3.8) is 0 Å².